The van der Waals surface area contributed by atoms with Crippen molar-refractivity contribution in [2.75, 3.05) is 11.9 Å². The lowest BCUT2D eigenvalue weighted by molar-refractivity contribution is -0.122. The van der Waals surface area contributed by atoms with Crippen molar-refractivity contribution in [2.24, 2.45) is 0 Å². The molecule has 2 N–H and O–H groups in total. The predicted octanol–water partition coefficient (Wildman–Crippen LogP) is 4.15. The van der Waals surface area contributed by atoms with Crippen LogP contribution in [0.3, 0.4) is 0 Å². The second-order valence-electron chi connectivity index (χ2n) is 7.10. The van der Waals surface area contributed by atoms with Gasteiger partial charge < -0.3 is 10.6 Å². The molecular weight excluding hydrogens is 423 g/mol. The van der Waals surface area contributed by atoms with E-state index in [1.54, 1.807) is 29.7 Å². The molecule has 0 radical (unpaired) electrons. The predicted molar refractivity (Wildman–Crippen MR) is 112 cm³/mol. The number of rotatable bonds is 4. The number of aromatic nitrogens is 5. The number of hydrogen-bond donors (Lipinski definition) is 2. The number of hydrogen-bond acceptors (Lipinski definition) is 5. The highest BCUT2D eigenvalue weighted by molar-refractivity contribution is 5.90. The van der Waals surface area contributed by atoms with E-state index in [1.165, 1.54) is 0 Å². The van der Waals surface area contributed by atoms with Crippen LogP contribution in [-0.4, -0.2) is 43.3 Å². The van der Waals surface area contributed by atoms with Gasteiger partial charge >= 0.3 is 12.2 Å². The Labute approximate surface area is 180 Å². The average molecular weight is 441 g/mol. The zero-order valence-electron chi connectivity index (χ0n) is 17.1. The van der Waals surface area contributed by atoms with E-state index < -0.39 is 18.8 Å². The van der Waals surface area contributed by atoms with Gasteiger partial charge in [0.1, 0.15) is 12.2 Å². The van der Waals surface area contributed by atoms with Crippen molar-refractivity contribution < 1.29 is 18.0 Å². The molecule has 11 heteroatoms. The van der Waals surface area contributed by atoms with Crippen LogP contribution in [0, 0.1) is 13.8 Å². The summed E-state index contributed by atoms with van der Waals surface area (Å²) in [6, 6.07) is 9.48. The van der Waals surface area contributed by atoms with Gasteiger partial charge in [0.2, 0.25) is 0 Å². The molecule has 4 aromatic rings. The molecule has 164 valence electrons. The van der Waals surface area contributed by atoms with E-state index in [1.807, 2.05) is 42.6 Å². The second kappa shape index (κ2) is 8.25. The van der Waals surface area contributed by atoms with Gasteiger partial charge in [-0.2, -0.15) is 18.3 Å². The minimum atomic E-state index is -4.48. The minimum absolute atomic E-state index is 0.350. The molecule has 8 nitrogen and oxygen atoms in total. The smallest absolute Gasteiger partial charge is 0.329 e. The molecule has 2 amide bonds. The van der Waals surface area contributed by atoms with Crippen LogP contribution in [0.2, 0.25) is 0 Å². The molecule has 0 aliphatic heterocycles. The first-order chi connectivity index (χ1) is 15.2. The summed E-state index contributed by atoms with van der Waals surface area (Å²) in [7, 11) is 0. The van der Waals surface area contributed by atoms with Gasteiger partial charge in [-0.05, 0) is 38.1 Å². The van der Waals surface area contributed by atoms with Crippen LogP contribution in [-0.2, 0) is 0 Å². The lowest BCUT2D eigenvalue weighted by Gasteiger charge is -2.11. The summed E-state index contributed by atoms with van der Waals surface area (Å²) < 4.78 is 38.6. The largest absolute Gasteiger partial charge is 0.405 e. The van der Waals surface area contributed by atoms with Crippen LogP contribution in [0.15, 0.2) is 48.8 Å². The van der Waals surface area contributed by atoms with E-state index in [-0.39, 0.29) is 0 Å². The Bertz CT molecular complexity index is 1300. The van der Waals surface area contributed by atoms with Crippen molar-refractivity contribution in [3.8, 4) is 22.6 Å². The molecule has 0 bridgehead atoms. The van der Waals surface area contributed by atoms with E-state index in [4.69, 9.17) is 0 Å². The molecule has 0 saturated heterocycles. The number of fused-ring (bicyclic) bond motifs is 1. The number of carbonyl (C=O) groups is 1. The molecule has 1 aromatic carbocycles. The van der Waals surface area contributed by atoms with Crippen molar-refractivity contribution in [1.82, 2.24) is 29.9 Å². The van der Waals surface area contributed by atoms with Gasteiger partial charge in [0.15, 0.2) is 5.82 Å². The van der Waals surface area contributed by atoms with Gasteiger partial charge in [-0.25, -0.2) is 14.8 Å². The summed E-state index contributed by atoms with van der Waals surface area (Å²) >= 11 is 0. The molecule has 0 atom stereocenters. The molecule has 0 unspecified atom stereocenters. The minimum Gasteiger partial charge on any atom is -0.329 e. The van der Waals surface area contributed by atoms with Crippen LogP contribution >= 0.6 is 0 Å². The topological polar surface area (TPSA) is 97.1 Å². The highest BCUT2D eigenvalue weighted by Gasteiger charge is 2.27. The van der Waals surface area contributed by atoms with E-state index in [0.29, 0.717) is 17.2 Å². The molecule has 4 rings (SSSR count). The van der Waals surface area contributed by atoms with Crippen LogP contribution in [0.1, 0.15) is 11.4 Å². The van der Waals surface area contributed by atoms with Crippen LogP contribution in [0.4, 0.5) is 23.7 Å². The zero-order chi connectivity index (χ0) is 22.9. The Morgan fingerprint density at radius 3 is 2.62 bits per heavy atom. The number of amides is 2. The van der Waals surface area contributed by atoms with E-state index in [2.05, 4.69) is 25.5 Å². The van der Waals surface area contributed by atoms with Crippen molar-refractivity contribution in [3.63, 3.8) is 0 Å². The fourth-order valence-corrected chi connectivity index (χ4v) is 3.02. The summed E-state index contributed by atoms with van der Waals surface area (Å²) in [5.74, 6) is 0.496. The first-order valence-electron chi connectivity index (χ1n) is 9.57. The maximum atomic E-state index is 12.3. The summed E-state index contributed by atoms with van der Waals surface area (Å²) in [5, 5.41) is 12.4. The van der Waals surface area contributed by atoms with E-state index in [0.717, 1.165) is 28.2 Å². The number of urea groups is 1. The summed E-state index contributed by atoms with van der Waals surface area (Å²) in [4.78, 5) is 20.6. The molecule has 3 heterocycles. The third kappa shape index (κ3) is 4.66. The van der Waals surface area contributed by atoms with Crippen LogP contribution < -0.4 is 10.6 Å². The van der Waals surface area contributed by atoms with Crippen LogP contribution in [0.5, 0.6) is 0 Å². The summed E-state index contributed by atoms with van der Waals surface area (Å²) in [5.41, 5.74) is 4.79. The molecule has 0 spiro atoms. The number of nitrogens with zero attached hydrogens (tertiary/aromatic N) is 5. The first-order valence-corrected chi connectivity index (χ1v) is 9.57. The lowest BCUT2D eigenvalue weighted by atomic mass is 10.1. The van der Waals surface area contributed by atoms with Gasteiger partial charge in [-0.3, -0.25) is 4.40 Å². The number of pyridine rings is 1. The summed E-state index contributed by atoms with van der Waals surface area (Å²) in [6.45, 7) is 2.30. The number of nitrogens with one attached hydrogen (secondary N) is 2. The van der Waals surface area contributed by atoms with E-state index in [9.17, 15) is 18.0 Å². The number of alkyl halides is 3. The fourth-order valence-electron chi connectivity index (χ4n) is 3.02. The fraction of sp³-hybridized carbons (Fsp3) is 0.190. The average Bonchev–Trinajstić information content (AvgIpc) is 3.17. The zero-order valence-corrected chi connectivity index (χ0v) is 17.1. The Kier molecular flexibility index (Phi) is 5.47. The van der Waals surface area contributed by atoms with Gasteiger partial charge in [0, 0.05) is 23.0 Å². The lowest BCUT2D eigenvalue weighted by Crippen LogP contribution is -2.36. The first kappa shape index (κ1) is 21.2. The molecule has 0 aliphatic rings. The maximum absolute atomic E-state index is 12.3. The molecule has 0 aliphatic carbocycles. The van der Waals surface area contributed by atoms with Gasteiger partial charge in [0.25, 0.3) is 0 Å². The highest BCUT2D eigenvalue weighted by Crippen LogP contribution is 2.26. The third-order valence-electron chi connectivity index (χ3n) is 4.73. The molecular formula is C21H18F3N7O. The second-order valence-corrected chi connectivity index (χ2v) is 7.10. The molecule has 3 aromatic heterocycles. The Balaban J connectivity index is 1.58. The Morgan fingerprint density at radius 1 is 1.06 bits per heavy atom. The molecule has 0 saturated carbocycles. The van der Waals surface area contributed by atoms with Crippen molar-refractivity contribution >= 4 is 17.4 Å². The normalized spacial score (nSPS) is 11.5. The number of aryl methyl sites for hydroxylation is 2. The van der Waals surface area contributed by atoms with Crippen LogP contribution in [0.25, 0.3) is 28.3 Å². The maximum Gasteiger partial charge on any atom is 0.405 e. The van der Waals surface area contributed by atoms with Crippen molar-refractivity contribution in [2.45, 2.75) is 20.0 Å². The Morgan fingerprint density at radius 2 is 1.88 bits per heavy atom. The SMILES string of the molecule is Cc1nnc(-c2ccn3c(-c4cccc(NC(=O)NCC(F)(F)F)c4)cnc3c2)nc1C. The van der Waals surface area contributed by atoms with Gasteiger partial charge in [-0.15, -0.1) is 5.10 Å². The number of halogens is 3. The number of imidazole rings is 1. The monoisotopic (exact) mass is 441 g/mol. The molecule has 0 fully saturated rings. The standard InChI is InChI=1S/C21H18F3N7O/c1-12-13(2)29-30-19(27-12)15-6-7-31-17(10-25-18(31)9-15)14-4-3-5-16(8-14)28-20(32)26-11-21(22,23)24/h3-10H,11H2,1-2H3,(H2,26,28,32). The van der Waals surface area contributed by atoms with Crippen molar-refractivity contribution in [1.29, 1.82) is 0 Å². The third-order valence-corrected chi connectivity index (χ3v) is 4.73. The van der Waals surface area contributed by atoms with E-state index >= 15 is 0 Å². The van der Waals surface area contributed by atoms with Crippen molar-refractivity contribution in [3.05, 3.63) is 60.2 Å². The quantitative estimate of drug-likeness (QED) is 0.496. The molecule has 32 heavy (non-hydrogen) atoms. The highest BCUT2D eigenvalue weighted by atomic mass is 19.4. The number of carbonyl (C=O) groups excluding carboxylic acids is 1. The Hall–Kier alpha value is -4.02. The number of anilines is 1. The van der Waals surface area contributed by atoms with Gasteiger partial charge in [-0.1, -0.05) is 12.1 Å². The number of benzene rings is 1. The summed E-state index contributed by atoms with van der Waals surface area (Å²) in [6.07, 6.45) is -0.990. The van der Waals surface area contributed by atoms with Gasteiger partial charge in [0.05, 0.1) is 23.3 Å².